The van der Waals surface area contributed by atoms with Gasteiger partial charge in [0.05, 0.1) is 0 Å². The molecule has 0 aliphatic heterocycles. The average Bonchev–Trinajstić information content (AvgIpc) is 1.91. The van der Waals surface area contributed by atoms with Crippen molar-refractivity contribution in [2.75, 3.05) is 0 Å². The summed E-state index contributed by atoms with van der Waals surface area (Å²) in [7, 11) is 0. The van der Waals surface area contributed by atoms with Crippen LogP contribution in [0.25, 0.3) is 0 Å². The van der Waals surface area contributed by atoms with Gasteiger partial charge in [0.15, 0.2) is 0 Å². The summed E-state index contributed by atoms with van der Waals surface area (Å²) in [5.74, 6) is 0. The Morgan fingerprint density at radius 3 is 2.00 bits per heavy atom. The maximum atomic E-state index is 3.44. The molecule has 0 radical (unpaired) electrons. The zero-order valence-corrected chi connectivity index (χ0v) is 12.3. The SMILES string of the molecule is [CH3][Sn]([CH3])([CH3])[CH2]c1ccc(Br)cc1. The fourth-order valence-electron chi connectivity index (χ4n) is 1.21. The zero-order chi connectivity index (χ0) is 9.19. The van der Waals surface area contributed by atoms with Gasteiger partial charge in [0.1, 0.15) is 0 Å². The summed E-state index contributed by atoms with van der Waals surface area (Å²) < 4.78 is 2.53. The van der Waals surface area contributed by atoms with E-state index in [2.05, 4.69) is 55.0 Å². The molecule has 0 spiro atoms. The molecule has 0 aromatic heterocycles. The van der Waals surface area contributed by atoms with Crippen molar-refractivity contribution in [3.8, 4) is 0 Å². The standard InChI is InChI=1S/C7H6Br.3CH3.Sn/c1-6-2-4-7(8)5-3-6;;;;/h2-5H,1H2;3*1H3;. The first-order chi connectivity index (χ1) is 5.47. The summed E-state index contributed by atoms with van der Waals surface area (Å²) in [5.41, 5.74) is 1.50. The first-order valence-corrected chi connectivity index (χ1v) is 15.6. The zero-order valence-electron chi connectivity index (χ0n) is 7.89. The fraction of sp³-hybridized carbons (Fsp3) is 0.400. The second-order valence-electron chi connectivity index (χ2n) is 4.36. The quantitative estimate of drug-likeness (QED) is 0.721. The molecule has 0 amide bonds. The second-order valence-corrected chi connectivity index (χ2v) is 20.9. The molecule has 0 heterocycles. The van der Waals surface area contributed by atoms with Gasteiger partial charge in [0.25, 0.3) is 0 Å². The molecule has 0 unspecified atom stereocenters. The molecule has 66 valence electrons. The van der Waals surface area contributed by atoms with Crippen molar-refractivity contribution < 1.29 is 0 Å². The molecular formula is C10H15BrSn. The molecule has 0 aliphatic carbocycles. The van der Waals surface area contributed by atoms with Crippen molar-refractivity contribution in [1.29, 1.82) is 0 Å². The van der Waals surface area contributed by atoms with Crippen LogP contribution in [0, 0.1) is 0 Å². The monoisotopic (exact) mass is 334 g/mol. The first-order valence-electron chi connectivity index (χ1n) is 4.22. The molecule has 0 saturated carbocycles. The molecule has 0 N–H and O–H groups in total. The van der Waals surface area contributed by atoms with Crippen LogP contribution in [0.3, 0.4) is 0 Å². The van der Waals surface area contributed by atoms with Gasteiger partial charge in [0, 0.05) is 0 Å². The Bertz CT molecular complexity index is 246. The first kappa shape index (κ1) is 10.6. The van der Waals surface area contributed by atoms with Crippen LogP contribution < -0.4 is 0 Å². The van der Waals surface area contributed by atoms with E-state index in [4.69, 9.17) is 0 Å². The maximum absolute atomic E-state index is 3.44. The van der Waals surface area contributed by atoms with Gasteiger partial charge in [-0.2, -0.15) is 0 Å². The molecular weight excluding hydrogens is 319 g/mol. The third-order valence-electron chi connectivity index (χ3n) is 1.65. The average molecular weight is 334 g/mol. The number of hydrogen-bond acceptors (Lipinski definition) is 0. The van der Waals surface area contributed by atoms with E-state index < -0.39 is 18.4 Å². The summed E-state index contributed by atoms with van der Waals surface area (Å²) in [6.45, 7) is 0. The Morgan fingerprint density at radius 2 is 1.58 bits per heavy atom. The van der Waals surface area contributed by atoms with Gasteiger partial charge >= 0.3 is 87.9 Å². The van der Waals surface area contributed by atoms with Gasteiger partial charge in [-0.1, -0.05) is 0 Å². The van der Waals surface area contributed by atoms with Crippen LogP contribution in [0.15, 0.2) is 28.7 Å². The molecule has 1 aromatic rings. The Kier molecular flexibility index (Phi) is 3.65. The van der Waals surface area contributed by atoms with E-state index >= 15 is 0 Å². The molecule has 0 fully saturated rings. The Morgan fingerprint density at radius 1 is 1.08 bits per heavy atom. The van der Waals surface area contributed by atoms with Crippen molar-refractivity contribution in [2.45, 2.75) is 19.3 Å². The predicted molar refractivity (Wildman–Crippen MR) is 61.2 cm³/mol. The van der Waals surface area contributed by atoms with E-state index in [0.717, 1.165) is 0 Å². The van der Waals surface area contributed by atoms with E-state index in [1.807, 2.05) is 0 Å². The summed E-state index contributed by atoms with van der Waals surface area (Å²) in [6.07, 6.45) is 0. The van der Waals surface area contributed by atoms with Crippen LogP contribution in [-0.2, 0) is 4.44 Å². The van der Waals surface area contributed by atoms with Gasteiger partial charge < -0.3 is 0 Å². The molecule has 1 aromatic carbocycles. The van der Waals surface area contributed by atoms with Crippen LogP contribution in [0.1, 0.15) is 5.56 Å². The third kappa shape index (κ3) is 3.94. The van der Waals surface area contributed by atoms with Crippen molar-refractivity contribution in [3.05, 3.63) is 34.3 Å². The summed E-state index contributed by atoms with van der Waals surface area (Å²) in [4.78, 5) is 7.41. The van der Waals surface area contributed by atoms with Crippen LogP contribution in [-0.4, -0.2) is 18.4 Å². The molecule has 0 nitrogen and oxygen atoms in total. The van der Waals surface area contributed by atoms with Gasteiger partial charge in [0.2, 0.25) is 0 Å². The Labute approximate surface area is 87.4 Å². The Hall–Kier alpha value is 0.499. The second kappa shape index (κ2) is 4.14. The normalized spacial score (nSPS) is 11.7. The van der Waals surface area contributed by atoms with Gasteiger partial charge in [-0.3, -0.25) is 0 Å². The van der Waals surface area contributed by atoms with Crippen molar-refractivity contribution in [1.82, 2.24) is 0 Å². The molecule has 1 rings (SSSR count). The van der Waals surface area contributed by atoms with E-state index in [9.17, 15) is 0 Å². The van der Waals surface area contributed by atoms with Gasteiger partial charge in [-0.25, -0.2) is 0 Å². The van der Waals surface area contributed by atoms with Crippen LogP contribution in [0.4, 0.5) is 0 Å². The molecule has 12 heavy (non-hydrogen) atoms. The van der Waals surface area contributed by atoms with E-state index in [1.165, 1.54) is 14.5 Å². The van der Waals surface area contributed by atoms with E-state index in [0.29, 0.717) is 0 Å². The van der Waals surface area contributed by atoms with Crippen molar-refractivity contribution in [2.24, 2.45) is 0 Å². The van der Waals surface area contributed by atoms with Crippen LogP contribution >= 0.6 is 15.9 Å². The minimum absolute atomic E-state index is 1.18. The van der Waals surface area contributed by atoms with Crippen LogP contribution in [0.2, 0.25) is 14.8 Å². The minimum atomic E-state index is -1.60. The molecule has 0 atom stereocenters. The van der Waals surface area contributed by atoms with Crippen LogP contribution in [0.5, 0.6) is 0 Å². The number of halogens is 1. The van der Waals surface area contributed by atoms with Gasteiger partial charge in [-0.05, 0) is 0 Å². The van der Waals surface area contributed by atoms with Crippen molar-refractivity contribution >= 4 is 34.3 Å². The van der Waals surface area contributed by atoms with E-state index in [1.54, 1.807) is 0 Å². The number of benzene rings is 1. The third-order valence-corrected chi connectivity index (χ3v) is 6.37. The summed E-state index contributed by atoms with van der Waals surface area (Å²) in [5, 5.41) is 0. The predicted octanol–water partition coefficient (Wildman–Crippen LogP) is 3.87. The summed E-state index contributed by atoms with van der Waals surface area (Å²) >= 11 is 1.84. The van der Waals surface area contributed by atoms with Gasteiger partial charge in [-0.15, -0.1) is 0 Å². The number of hydrogen-bond donors (Lipinski definition) is 0. The molecule has 0 saturated heterocycles. The molecule has 0 bridgehead atoms. The topological polar surface area (TPSA) is 0 Å². The molecule has 0 aliphatic rings. The summed E-state index contributed by atoms with van der Waals surface area (Å²) in [6, 6.07) is 8.72. The number of rotatable bonds is 2. The fourth-order valence-corrected chi connectivity index (χ4v) is 5.65. The Balaban J connectivity index is 2.71. The van der Waals surface area contributed by atoms with Crippen molar-refractivity contribution in [3.63, 3.8) is 0 Å². The van der Waals surface area contributed by atoms with E-state index in [-0.39, 0.29) is 0 Å². The molecule has 2 heteroatoms.